The van der Waals surface area contributed by atoms with Gasteiger partial charge in [0.25, 0.3) is 0 Å². The molecule has 0 radical (unpaired) electrons. The molecule has 0 aromatic carbocycles. The highest BCUT2D eigenvalue weighted by atomic mass is 19.4. The molecule has 1 rings (SSSR count). The van der Waals surface area contributed by atoms with Crippen LogP contribution in [0.2, 0.25) is 0 Å². The number of amides is 1. The Labute approximate surface area is 127 Å². The molecule has 1 atom stereocenters. The minimum absolute atomic E-state index is 0.0541. The number of carbonyl (C=O) groups is 2. The van der Waals surface area contributed by atoms with Crippen LogP contribution in [-0.4, -0.2) is 73.0 Å². The number of rotatable bonds is 2. The Morgan fingerprint density at radius 3 is 2.23 bits per heavy atom. The molecule has 0 aromatic heterocycles. The summed E-state index contributed by atoms with van der Waals surface area (Å²) in [6.07, 6.45) is -5.09. The van der Waals surface area contributed by atoms with E-state index >= 15 is 0 Å². The maximum atomic E-state index is 12.6. The second kappa shape index (κ2) is 6.72. The van der Waals surface area contributed by atoms with Crippen molar-refractivity contribution in [2.75, 3.05) is 33.3 Å². The Morgan fingerprint density at radius 2 is 1.77 bits per heavy atom. The van der Waals surface area contributed by atoms with E-state index in [0.29, 0.717) is 0 Å². The van der Waals surface area contributed by atoms with Gasteiger partial charge in [-0.2, -0.15) is 13.2 Å². The van der Waals surface area contributed by atoms with Gasteiger partial charge in [-0.05, 0) is 20.8 Å². The molecule has 0 aromatic rings. The Bertz CT molecular complexity index is 420. The second-order valence-electron chi connectivity index (χ2n) is 6.05. The molecule has 1 aliphatic heterocycles. The fourth-order valence-electron chi connectivity index (χ4n) is 2.09. The van der Waals surface area contributed by atoms with Crippen molar-refractivity contribution < 1.29 is 32.2 Å². The van der Waals surface area contributed by atoms with Crippen molar-refractivity contribution in [3.05, 3.63) is 0 Å². The lowest BCUT2D eigenvalue weighted by Crippen LogP contribution is -2.60. The number of alkyl halides is 3. The summed E-state index contributed by atoms with van der Waals surface area (Å²) in [5.74, 6) is -0.808. The Kier molecular flexibility index (Phi) is 5.66. The summed E-state index contributed by atoms with van der Waals surface area (Å²) >= 11 is 0. The summed E-state index contributed by atoms with van der Waals surface area (Å²) in [7, 11) is 1.10. The molecular formula is C13H21F3N2O4. The number of hydrogen-bond acceptors (Lipinski definition) is 5. The van der Waals surface area contributed by atoms with Crippen molar-refractivity contribution >= 4 is 12.1 Å². The number of nitrogens with zero attached hydrogens (tertiary/aromatic N) is 2. The van der Waals surface area contributed by atoms with Gasteiger partial charge in [0.2, 0.25) is 0 Å². The SMILES string of the molecule is COC(=O)[C@@H]1CN(C(=O)OC(C)(C)C)CCN1CC(F)(F)F. The third-order valence-electron chi connectivity index (χ3n) is 3.00. The molecule has 128 valence electrons. The van der Waals surface area contributed by atoms with E-state index in [0.717, 1.165) is 12.0 Å². The first-order valence-electron chi connectivity index (χ1n) is 6.79. The topological polar surface area (TPSA) is 59.1 Å². The summed E-state index contributed by atoms with van der Waals surface area (Å²) in [6, 6.07) is -1.16. The number of esters is 1. The van der Waals surface area contributed by atoms with E-state index in [1.165, 1.54) is 4.90 Å². The summed E-state index contributed by atoms with van der Waals surface area (Å²) in [5.41, 5.74) is -0.721. The van der Waals surface area contributed by atoms with Crippen LogP contribution in [0.1, 0.15) is 20.8 Å². The lowest BCUT2D eigenvalue weighted by Gasteiger charge is -2.40. The normalized spacial score (nSPS) is 20.7. The Balaban J connectivity index is 2.79. The van der Waals surface area contributed by atoms with Gasteiger partial charge in [0.1, 0.15) is 11.6 Å². The summed E-state index contributed by atoms with van der Waals surface area (Å²) in [5, 5.41) is 0. The first-order chi connectivity index (χ1) is 9.93. The summed E-state index contributed by atoms with van der Waals surface area (Å²) < 4.78 is 47.4. The van der Waals surface area contributed by atoms with Crippen LogP contribution in [0.25, 0.3) is 0 Å². The molecule has 1 fully saturated rings. The van der Waals surface area contributed by atoms with Crippen molar-refractivity contribution in [2.24, 2.45) is 0 Å². The van der Waals surface area contributed by atoms with Gasteiger partial charge < -0.3 is 14.4 Å². The molecule has 0 spiro atoms. The molecule has 1 saturated heterocycles. The molecule has 1 aliphatic rings. The number of methoxy groups -OCH3 is 1. The van der Waals surface area contributed by atoms with Crippen molar-refractivity contribution in [1.29, 1.82) is 0 Å². The molecule has 22 heavy (non-hydrogen) atoms. The maximum Gasteiger partial charge on any atom is 0.410 e. The average molecular weight is 326 g/mol. The highest BCUT2D eigenvalue weighted by Gasteiger charge is 2.41. The van der Waals surface area contributed by atoms with Gasteiger partial charge in [0.05, 0.1) is 20.2 Å². The van der Waals surface area contributed by atoms with Crippen LogP contribution in [0.4, 0.5) is 18.0 Å². The largest absolute Gasteiger partial charge is 0.468 e. The quantitative estimate of drug-likeness (QED) is 0.722. The molecule has 0 bridgehead atoms. The van der Waals surface area contributed by atoms with E-state index in [4.69, 9.17) is 4.74 Å². The third-order valence-corrected chi connectivity index (χ3v) is 3.00. The Morgan fingerprint density at radius 1 is 1.18 bits per heavy atom. The predicted molar refractivity (Wildman–Crippen MR) is 71.2 cm³/mol. The number of halogens is 3. The predicted octanol–water partition coefficient (Wildman–Crippen LogP) is 1.64. The van der Waals surface area contributed by atoms with Gasteiger partial charge in [0, 0.05) is 13.1 Å². The van der Waals surface area contributed by atoms with Crippen LogP contribution in [-0.2, 0) is 14.3 Å². The smallest absolute Gasteiger partial charge is 0.410 e. The number of piperazine rings is 1. The fourth-order valence-corrected chi connectivity index (χ4v) is 2.09. The van der Waals surface area contributed by atoms with Crippen molar-refractivity contribution in [3.8, 4) is 0 Å². The molecule has 6 nitrogen and oxygen atoms in total. The van der Waals surface area contributed by atoms with Crippen molar-refractivity contribution in [1.82, 2.24) is 9.80 Å². The van der Waals surface area contributed by atoms with Crippen molar-refractivity contribution in [2.45, 2.75) is 38.6 Å². The summed E-state index contributed by atoms with van der Waals surface area (Å²) in [6.45, 7) is 3.59. The molecular weight excluding hydrogens is 305 g/mol. The first kappa shape index (κ1) is 18.5. The molecule has 0 aliphatic carbocycles. The van der Waals surface area contributed by atoms with E-state index in [2.05, 4.69) is 4.74 Å². The van der Waals surface area contributed by atoms with Crippen LogP contribution in [0.3, 0.4) is 0 Å². The van der Waals surface area contributed by atoms with Gasteiger partial charge in [-0.3, -0.25) is 9.69 Å². The number of carbonyl (C=O) groups excluding carboxylic acids is 2. The highest BCUT2D eigenvalue weighted by Crippen LogP contribution is 2.22. The minimum atomic E-state index is -4.43. The first-order valence-corrected chi connectivity index (χ1v) is 6.79. The van der Waals surface area contributed by atoms with Crippen LogP contribution >= 0.6 is 0 Å². The van der Waals surface area contributed by atoms with E-state index in [1.54, 1.807) is 20.8 Å². The minimum Gasteiger partial charge on any atom is -0.468 e. The third kappa shape index (κ3) is 5.70. The standard InChI is InChI=1S/C13H21F3N2O4/c1-12(2,3)22-11(20)17-5-6-18(8-13(14,15)16)9(7-17)10(19)21-4/h9H,5-8H2,1-4H3/t9-/m0/s1. The van der Waals surface area contributed by atoms with Gasteiger partial charge in [-0.15, -0.1) is 0 Å². The molecule has 1 heterocycles. The lowest BCUT2D eigenvalue weighted by atomic mass is 10.1. The van der Waals surface area contributed by atoms with Gasteiger partial charge in [-0.1, -0.05) is 0 Å². The zero-order chi connectivity index (χ0) is 17.1. The van der Waals surface area contributed by atoms with E-state index in [9.17, 15) is 22.8 Å². The molecule has 9 heteroatoms. The van der Waals surface area contributed by atoms with Crippen LogP contribution in [0.5, 0.6) is 0 Å². The molecule has 0 unspecified atom stereocenters. The highest BCUT2D eigenvalue weighted by molar-refractivity contribution is 5.77. The van der Waals surface area contributed by atoms with Crippen LogP contribution in [0.15, 0.2) is 0 Å². The molecule has 0 N–H and O–H groups in total. The van der Waals surface area contributed by atoms with Gasteiger partial charge in [0.15, 0.2) is 0 Å². The maximum absolute atomic E-state index is 12.6. The molecule has 0 saturated carbocycles. The van der Waals surface area contributed by atoms with Gasteiger partial charge >= 0.3 is 18.2 Å². The zero-order valence-corrected chi connectivity index (χ0v) is 13.1. The van der Waals surface area contributed by atoms with E-state index in [1.807, 2.05) is 0 Å². The van der Waals surface area contributed by atoms with Gasteiger partial charge in [-0.25, -0.2) is 4.79 Å². The molecule has 1 amide bonds. The zero-order valence-electron chi connectivity index (χ0n) is 13.1. The number of hydrogen-bond donors (Lipinski definition) is 0. The number of ether oxygens (including phenoxy) is 2. The van der Waals surface area contributed by atoms with Crippen molar-refractivity contribution in [3.63, 3.8) is 0 Å². The van der Waals surface area contributed by atoms with E-state index in [-0.39, 0.29) is 19.6 Å². The monoisotopic (exact) mass is 326 g/mol. The van der Waals surface area contributed by atoms with Crippen LogP contribution < -0.4 is 0 Å². The second-order valence-corrected chi connectivity index (χ2v) is 6.05. The Hall–Kier alpha value is -1.51. The van der Waals surface area contributed by atoms with E-state index < -0.39 is 36.4 Å². The van der Waals surface area contributed by atoms with Crippen LogP contribution in [0, 0.1) is 0 Å². The lowest BCUT2D eigenvalue weighted by molar-refractivity contribution is -0.168. The fraction of sp³-hybridized carbons (Fsp3) is 0.846. The summed E-state index contributed by atoms with van der Waals surface area (Å²) in [4.78, 5) is 25.9. The average Bonchev–Trinajstić information content (AvgIpc) is 2.34.